The molecule has 0 fully saturated rings. The Balaban J connectivity index is 2.24. The molecule has 6 nitrogen and oxygen atoms in total. The van der Waals surface area contributed by atoms with Crippen LogP contribution in [0.15, 0.2) is 53.8 Å². The van der Waals surface area contributed by atoms with Crippen molar-refractivity contribution in [2.75, 3.05) is 0 Å². The molecule has 21 heavy (non-hydrogen) atoms. The molecule has 0 bridgehead atoms. The highest BCUT2D eigenvalue weighted by Gasteiger charge is 2.11. The van der Waals surface area contributed by atoms with E-state index < -0.39 is 5.97 Å². The average Bonchev–Trinajstić information content (AvgIpc) is 2.95. The Morgan fingerprint density at radius 2 is 2.10 bits per heavy atom. The van der Waals surface area contributed by atoms with E-state index in [2.05, 4.69) is 15.0 Å². The van der Waals surface area contributed by atoms with Crippen molar-refractivity contribution in [3.05, 3.63) is 64.7 Å². The first-order chi connectivity index (χ1) is 10.2. The SMILES string of the molecule is [N-]=[N+]=Nc1cc(-c2cccc3[nH]ccc23)ccc1C(=O)O. The van der Waals surface area contributed by atoms with Crippen LogP contribution in [0.3, 0.4) is 0 Å². The standard InChI is InChI=1S/C15H10N4O2/c16-19-18-14-8-9(4-5-12(14)15(20)21)10-2-1-3-13-11(10)6-7-17-13/h1-8,17H,(H,20,21). The van der Waals surface area contributed by atoms with Crippen LogP contribution in [-0.2, 0) is 0 Å². The molecule has 102 valence electrons. The van der Waals surface area contributed by atoms with E-state index >= 15 is 0 Å². The molecule has 0 aliphatic carbocycles. The van der Waals surface area contributed by atoms with Gasteiger partial charge in [-0.3, -0.25) is 0 Å². The number of H-pyrrole nitrogens is 1. The quantitative estimate of drug-likeness (QED) is 0.419. The van der Waals surface area contributed by atoms with Crippen molar-refractivity contribution in [1.29, 1.82) is 0 Å². The minimum absolute atomic E-state index is 0.0159. The van der Waals surface area contributed by atoms with E-state index in [1.807, 2.05) is 30.5 Å². The number of aromatic amines is 1. The molecule has 3 rings (SSSR count). The summed E-state index contributed by atoms with van der Waals surface area (Å²) in [6, 6.07) is 12.5. The lowest BCUT2D eigenvalue weighted by atomic mass is 9.99. The number of nitrogens with zero attached hydrogens (tertiary/aromatic N) is 3. The average molecular weight is 278 g/mol. The van der Waals surface area contributed by atoms with Gasteiger partial charge >= 0.3 is 5.97 Å². The highest BCUT2D eigenvalue weighted by Crippen LogP contribution is 2.32. The van der Waals surface area contributed by atoms with Crippen LogP contribution >= 0.6 is 0 Å². The van der Waals surface area contributed by atoms with E-state index in [0.717, 1.165) is 22.0 Å². The number of fused-ring (bicyclic) bond motifs is 1. The number of aromatic carboxylic acids is 1. The predicted octanol–water partition coefficient (Wildman–Crippen LogP) is 4.47. The maximum atomic E-state index is 11.1. The fourth-order valence-electron chi connectivity index (χ4n) is 2.35. The molecule has 1 heterocycles. The molecule has 0 spiro atoms. The lowest BCUT2D eigenvalue weighted by molar-refractivity contribution is 0.0698. The topological polar surface area (TPSA) is 102 Å². The summed E-state index contributed by atoms with van der Waals surface area (Å²) < 4.78 is 0. The molecule has 0 amide bonds. The second-order valence-corrected chi connectivity index (χ2v) is 4.47. The third kappa shape index (κ3) is 2.20. The van der Waals surface area contributed by atoms with E-state index in [0.29, 0.717) is 0 Å². The summed E-state index contributed by atoms with van der Waals surface area (Å²) in [5, 5.41) is 13.6. The second kappa shape index (κ2) is 5.03. The first-order valence-electron chi connectivity index (χ1n) is 6.19. The van der Waals surface area contributed by atoms with Crippen molar-refractivity contribution < 1.29 is 9.90 Å². The molecule has 6 heteroatoms. The van der Waals surface area contributed by atoms with Crippen LogP contribution in [0, 0.1) is 0 Å². The number of azide groups is 1. The van der Waals surface area contributed by atoms with Gasteiger partial charge in [0.25, 0.3) is 0 Å². The van der Waals surface area contributed by atoms with Crippen molar-refractivity contribution in [1.82, 2.24) is 4.98 Å². The van der Waals surface area contributed by atoms with Crippen molar-refractivity contribution >= 4 is 22.6 Å². The highest BCUT2D eigenvalue weighted by molar-refractivity contribution is 5.98. The van der Waals surface area contributed by atoms with Crippen LogP contribution in [0.25, 0.3) is 32.5 Å². The Morgan fingerprint density at radius 3 is 2.86 bits per heavy atom. The van der Waals surface area contributed by atoms with Crippen molar-refractivity contribution in [2.45, 2.75) is 0 Å². The number of carboxylic acids is 1. The van der Waals surface area contributed by atoms with Crippen molar-refractivity contribution in [2.24, 2.45) is 5.11 Å². The summed E-state index contributed by atoms with van der Waals surface area (Å²) in [5.41, 5.74) is 11.4. The summed E-state index contributed by atoms with van der Waals surface area (Å²) in [6.07, 6.45) is 1.84. The molecule has 0 atom stereocenters. The normalized spacial score (nSPS) is 10.3. The van der Waals surface area contributed by atoms with Crippen LogP contribution in [0.4, 0.5) is 5.69 Å². The molecule has 0 aliphatic rings. The van der Waals surface area contributed by atoms with Gasteiger partial charge in [0.1, 0.15) is 0 Å². The number of nitrogens with one attached hydrogen (secondary N) is 1. The molecule has 0 saturated heterocycles. The maximum absolute atomic E-state index is 11.1. The van der Waals surface area contributed by atoms with Crippen LogP contribution in [0.5, 0.6) is 0 Å². The summed E-state index contributed by atoms with van der Waals surface area (Å²) >= 11 is 0. The Hall–Kier alpha value is -3.24. The minimum atomic E-state index is -1.12. The van der Waals surface area contributed by atoms with E-state index in [1.165, 1.54) is 6.07 Å². The molecule has 0 unspecified atom stereocenters. The molecule has 1 aromatic heterocycles. The fraction of sp³-hybridized carbons (Fsp3) is 0. The zero-order valence-electron chi connectivity index (χ0n) is 10.8. The highest BCUT2D eigenvalue weighted by atomic mass is 16.4. The summed E-state index contributed by atoms with van der Waals surface area (Å²) in [6.45, 7) is 0. The number of carbonyl (C=O) groups is 1. The molecule has 0 saturated carbocycles. The zero-order valence-corrected chi connectivity index (χ0v) is 10.8. The fourth-order valence-corrected chi connectivity index (χ4v) is 2.35. The van der Waals surface area contributed by atoms with Gasteiger partial charge in [0.15, 0.2) is 0 Å². The van der Waals surface area contributed by atoms with E-state index in [1.54, 1.807) is 12.1 Å². The molecule has 2 aromatic carbocycles. The van der Waals surface area contributed by atoms with Gasteiger partial charge in [-0.15, -0.1) is 0 Å². The first kappa shape index (κ1) is 12.8. The molecule has 3 aromatic rings. The maximum Gasteiger partial charge on any atom is 0.336 e. The second-order valence-electron chi connectivity index (χ2n) is 4.47. The monoisotopic (exact) mass is 278 g/mol. The lowest BCUT2D eigenvalue weighted by Crippen LogP contribution is -1.96. The van der Waals surface area contributed by atoms with Crippen LogP contribution < -0.4 is 0 Å². The number of hydrogen-bond donors (Lipinski definition) is 2. The summed E-state index contributed by atoms with van der Waals surface area (Å²) in [5.74, 6) is -1.12. The van der Waals surface area contributed by atoms with Crippen LogP contribution in [0.1, 0.15) is 10.4 Å². The van der Waals surface area contributed by atoms with E-state index in [-0.39, 0.29) is 11.3 Å². The molecular formula is C15H10N4O2. The third-order valence-electron chi connectivity index (χ3n) is 3.29. The Labute approximate surface area is 119 Å². The summed E-state index contributed by atoms with van der Waals surface area (Å²) in [7, 11) is 0. The van der Waals surface area contributed by atoms with Crippen molar-refractivity contribution in [3.8, 4) is 11.1 Å². The largest absolute Gasteiger partial charge is 0.478 e. The minimum Gasteiger partial charge on any atom is -0.478 e. The number of benzene rings is 2. The zero-order chi connectivity index (χ0) is 14.8. The number of rotatable bonds is 3. The predicted molar refractivity (Wildman–Crippen MR) is 79.5 cm³/mol. The number of carboxylic acid groups (broad SMARTS) is 1. The molecular weight excluding hydrogens is 268 g/mol. The smallest absolute Gasteiger partial charge is 0.336 e. The number of aromatic nitrogens is 1. The molecule has 2 N–H and O–H groups in total. The first-order valence-corrected chi connectivity index (χ1v) is 6.19. The Bertz CT molecular complexity index is 892. The lowest BCUT2D eigenvalue weighted by Gasteiger charge is -2.07. The van der Waals surface area contributed by atoms with Gasteiger partial charge in [0.05, 0.1) is 11.3 Å². The van der Waals surface area contributed by atoms with Crippen molar-refractivity contribution in [3.63, 3.8) is 0 Å². The third-order valence-corrected chi connectivity index (χ3v) is 3.29. The van der Waals surface area contributed by atoms with E-state index in [9.17, 15) is 4.79 Å². The Morgan fingerprint density at radius 1 is 1.24 bits per heavy atom. The van der Waals surface area contributed by atoms with E-state index in [4.69, 9.17) is 10.6 Å². The molecule has 0 radical (unpaired) electrons. The van der Waals surface area contributed by atoms with Gasteiger partial charge in [0.2, 0.25) is 0 Å². The van der Waals surface area contributed by atoms with Gasteiger partial charge in [-0.1, -0.05) is 23.3 Å². The van der Waals surface area contributed by atoms with Crippen LogP contribution in [-0.4, -0.2) is 16.1 Å². The van der Waals surface area contributed by atoms with Gasteiger partial charge in [-0.05, 0) is 40.9 Å². The van der Waals surface area contributed by atoms with Gasteiger partial charge in [0, 0.05) is 22.0 Å². The number of hydrogen-bond acceptors (Lipinski definition) is 2. The molecule has 0 aliphatic heterocycles. The van der Waals surface area contributed by atoms with Gasteiger partial charge in [-0.2, -0.15) is 0 Å². The Kier molecular flexibility index (Phi) is 3.06. The van der Waals surface area contributed by atoms with Gasteiger partial charge in [-0.25, -0.2) is 4.79 Å². The van der Waals surface area contributed by atoms with Crippen LogP contribution in [0.2, 0.25) is 0 Å². The van der Waals surface area contributed by atoms with Gasteiger partial charge < -0.3 is 10.1 Å². The summed E-state index contributed by atoms with van der Waals surface area (Å²) in [4.78, 5) is 16.9.